The number of nitrogens with zero attached hydrogens (tertiary/aromatic N) is 2. The standard InChI is InChI=1S/C15H19N3O2/c1-3-17-8-6-11-12(17)5-4-10(2)14(11)18-9-7-13(19)16-15(18)20/h4-6,8,13,19H,3,7,9H2,1-2H3,(H,16,20). The molecule has 1 aromatic heterocycles. The van der Waals surface area contributed by atoms with Crippen molar-refractivity contribution in [3.63, 3.8) is 0 Å². The van der Waals surface area contributed by atoms with Gasteiger partial charge >= 0.3 is 6.03 Å². The van der Waals surface area contributed by atoms with Crippen LogP contribution in [0.5, 0.6) is 0 Å². The molecule has 1 unspecified atom stereocenters. The number of carbonyl (C=O) groups excluding carboxylic acids is 1. The number of aryl methyl sites for hydroxylation is 2. The molecule has 106 valence electrons. The van der Waals surface area contributed by atoms with E-state index in [1.54, 1.807) is 4.90 Å². The molecule has 1 aromatic carbocycles. The number of hydrogen-bond donors (Lipinski definition) is 2. The van der Waals surface area contributed by atoms with Gasteiger partial charge in [0.05, 0.1) is 11.2 Å². The quantitative estimate of drug-likeness (QED) is 0.881. The SMILES string of the molecule is CCn1ccc2c(N3CCC(O)NC3=O)c(C)ccc21. The third-order valence-electron chi connectivity index (χ3n) is 3.90. The number of carbonyl (C=O) groups is 1. The summed E-state index contributed by atoms with van der Waals surface area (Å²) in [7, 11) is 0. The van der Waals surface area contributed by atoms with E-state index in [1.807, 2.05) is 19.2 Å². The molecule has 5 heteroatoms. The van der Waals surface area contributed by atoms with Crippen LogP contribution >= 0.6 is 0 Å². The molecular weight excluding hydrogens is 254 g/mol. The summed E-state index contributed by atoms with van der Waals surface area (Å²) in [5.74, 6) is 0. The molecule has 5 nitrogen and oxygen atoms in total. The first-order chi connectivity index (χ1) is 9.61. The highest BCUT2D eigenvalue weighted by atomic mass is 16.3. The number of fused-ring (bicyclic) bond motifs is 1. The fourth-order valence-corrected chi connectivity index (χ4v) is 2.86. The second-order valence-corrected chi connectivity index (χ2v) is 5.17. The molecular formula is C15H19N3O2. The van der Waals surface area contributed by atoms with Crippen LogP contribution in [0.2, 0.25) is 0 Å². The molecule has 1 fully saturated rings. The molecule has 1 aliphatic rings. The number of nitrogens with one attached hydrogen (secondary N) is 1. The topological polar surface area (TPSA) is 57.5 Å². The van der Waals surface area contributed by atoms with Gasteiger partial charge in [0.2, 0.25) is 0 Å². The number of hydrogen-bond acceptors (Lipinski definition) is 2. The van der Waals surface area contributed by atoms with E-state index in [2.05, 4.69) is 28.9 Å². The van der Waals surface area contributed by atoms with Gasteiger partial charge in [0, 0.05) is 31.1 Å². The van der Waals surface area contributed by atoms with Crippen molar-refractivity contribution < 1.29 is 9.90 Å². The summed E-state index contributed by atoms with van der Waals surface area (Å²) in [5, 5.41) is 13.2. The maximum absolute atomic E-state index is 12.1. The molecule has 1 saturated heterocycles. The van der Waals surface area contributed by atoms with Gasteiger partial charge in [-0.3, -0.25) is 4.90 Å². The third-order valence-corrected chi connectivity index (χ3v) is 3.90. The Hall–Kier alpha value is -2.01. The second-order valence-electron chi connectivity index (χ2n) is 5.17. The average molecular weight is 273 g/mol. The molecule has 2 N–H and O–H groups in total. The molecule has 0 bridgehead atoms. The fourth-order valence-electron chi connectivity index (χ4n) is 2.86. The van der Waals surface area contributed by atoms with E-state index in [0.29, 0.717) is 13.0 Å². The van der Waals surface area contributed by atoms with E-state index < -0.39 is 6.23 Å². The molecule has 20 heavy (non-hydrogen) atoms. The molecule has 2 amide bonds. The lowest BCUT2D eigenvalue weighted by Crippen LogP contribution is -2.52. The lowest BCUT2D eigenvalue weighted by molar-refractivity contribution is 0.125. The van der Waals surface area contributed by atoms with Crippen LogP contribution in [0.25, 0.3) is 10.9 Å². The zero-order valence-corrected chi connectivity index (χ0v) is 11.8. The normalized spacial score (nSPS) is 19.4. The lowest BCUT2D eigenvalue weighted by Gasteiger charge is -2.32. The molecule has 2 heterocycles. The van der Waals surface area contributed by atoms with Crippen molar-refractivity contribution in [2.45, 2.75) is 33.0 Å². The van der Waals surface area contributed by atoms with Crippen molar-refractivity contribution in [2.24, 2.45) is 0 Å². The van der Waals surface area contributed by atoms with Crippen LogP contribution in [0.4, 0.5) is 10.5 Å². The van der Waals surface area contributed by atoms with Crippen molar-refractivity contribution in [1.29, 1.82) is 0 Å². The summed E-state index contributed by atoms with van der Waals surface area (Å²) in [5.41, 5.74) is 3.14. The highest BCUT2D eigenvalue weighted by molar-refractivity contribution is 6.04. The summed E-state index contributed by atoms with van der Waals surface area (Å²) in [4.78, 5) is 13.9. The Morgan fingerprint density at radius 1 is 1.40 bits per heavy atom. The van der Waals surface area contributed by atoms with Gasteiger partial charge < -0.3 is 15.0 Å². The third kappa shape index (κ3) is 1.94. The van der Waals surface area contributed by atoms with Crippen molar-refractivity contribution >= 4 is 22.6 Å². The van der Waals surface area contributed by atoms with Crippen LogP contribution < -0.4 is 10.2 Å². The average Bonchev–Trinajstić information content (AvgIpc) is 2.83. The van der Waals surface area contributed by atoms with Gasteiger partial charge in [-0.2, -0.15) is 0 Å². The van der Waals surface area contributed by atoms with Crippen molar-refractivity contribution in [2.75, 3.05) is 11.4 Å². The van der Waals surface area contributed by atoms with Crippen molar-refractivity contribution in [3.8, 4) is 0 Å². The van der Waals surface area contributed by atoms with Crippen LogP contribution in [-0.2, 0) is 6.54 Å². The van der Waals surface area contributed by atoms with Crippen LogP contribution in [0.3, 0.4) is 0 Å². The van der Waals surface area contributed by atoms with E-state index in [4.69, 9.17) is 0 Å². The number of benzene rings is 1. The van der Waals surface area contributed by atoms with Gasteiger partial charge in [-0.15, -0.1) is 0 Å². The predicted molar refractivity (Wildman–Crippen MR) is 78.9 cm³/mol. The number of aliphatic hydroxyl groups is 1. The Bertz CT molecular complexity index is 662. The molecule has 1 aliphatic heterocycles. The number of anilines is 1. The number of urea groups is 1. The van der Waals surface area contributed by atoms with E-state index in [1.165, 1.54) is 0 Å². The first-order valence-electron chi connectivity index (χ1n) is 6.96. The molecule has 2 aromatic rings. The number of aromatic nitrogens is 1. The number of aliphatic hydroxyl groups excluding tert-OH is 1. The molecule has 1 atom stereocenters. The smallest absolute Gasteiger partial charge is 0.323 e. The van der Waals surface area contributed by atoms with Gasteiger partial charge in [0.15, 0.2) is 0 Å². The summed E-state index contributed by atoms with van der Waals surface area (Å²) < 4.78 is 2.16. The van der Waals surface area contributed by atoms with E-state index in [-0.39, 0.29) is 6.03 Å². The summed E-state index contributed by atoms with van der Waals surface area (Å²) >= 11 is 0. The van der Waals surface area contributed by atoms with Crippen LogP contribution in [0.1, 0.15) is 18.9 Å². The lowest BCUT2D eigenvalue weighted by atomic mass is 10.1. The first kappa shape index (κ1) is 13.0. The van der Waals surface area contributed by atoms with Crippen LogP contribution in [0.15, 0.2) is 24.4 Å². The molecule has 0 radical (unpaired) electrons. The highest BCUT2D eigenvalue weighted by Gasteiger charge is 2.27. The van der Waals surface area contributed by atoms with Crippen molar-refractivity contribution in [3.05, 3.63) is 30.0 Å². The zero-order valence-electron chi connectivity index (χ0n) is 11.8. The van der Waals surface area contributed by atoms with Gasteiger partial charge in [0.1, 0.15) is 6.23 Å². The maximum atomic E-state index is 12.1. The van der Waals surface area contributed by atoms with Crippen molar-refractivity contribution in [1.82, 2.24) is 9.88 Å². The Balaban J connectivity index is 2.13. The Morgan fingerprint density at radius 2 is 2.20 bits per heavy atom. The Kier molecular flexibility index (Phi) is 3.14. The predicted octanol–water partition coefficient (Wildman–Crippen LogP) is 2.21. The van der Waals surface area contributed by atoms with Crippen LogP contribution in [0, 0.1) is 6.92 Å². The highest BCUT2D eigenvalue weighted by Crippen LogP contribution is 2.32. The largest absolute Gasteiger partial charge is 0.374 e. The van der Waals surface area contributed by atoms with E-state index in [9.17, 15) is 9.90 Å². The second kappa shape index (κ2) is 4.83. The maximum Gasteiger partial charge on any atom is 0.323 e. The van der Waals surface area contributed by atoms with Crippen LogP contribution in [-0.4, -0.2) is 28.5 Å². The Morgan fingerprint density at radius 3 is 2.90 bits per heavy atom. The number of amides is 2. The summed E-state index contributed by atoms with van der Waals surface area (Å²) in [6.45, 7) is 5.54. The van der Waals surface area contributed by atoms with Gasteiger partial charge in [0.25, 0.3) is 0 Å². The van der Waals surface area contributed by atoms with E-state index in [0.717, 1.165) is 28.7 Å². The fraction of sp³-hybridized carbons (Fsp3) is 0.400. The Labute approximate surface area is 117 Å². The molecule has 3 rings (SSSR count). The zero-order chi connectivity index (χ0) is 14.3. The molecule has 0 aliphatic carbocycles. The van der Waals surface area contributed by atoms with Gasteiger partial charge in [-0.1, -0.05) is 6.07 Å². The minimum atomic E-state index is -0.738. The van der Waals surface area contributed by atoms with E-state index >= 15 is 0 Å². The number of rotatable bonds is 2. The molecule has 0 saturated carbocycles. The minimum Gasteiger partial charge on any atom is -0.374 e. The summed E-state index contributed by atoms with van der Waals surface area (Å²) in [6, 6.07) is 5.96. The minimum absolute atomic E-state index is 0.233. The summed E-state index contributed by atoms with van der Waals surface area (Å²) in [6.07, 6.45) is 1.85. The van der Waals surface area contributed by atoms with Gasteiger partial charge in [-0.25, -0.2) is 4.79 Å². The first-order valence-corrected chi connectivity index (χ1v) is 6.96. The molecule has 0 spiro atoms. The van der Waals surface area contributed by atoms with Gasteiger partial charge in [-0.05, 0) is 31.5 Å². The monoisotopic (exact) mass is 273 g/mol.